The number of likely N-dealkylation sites (N-methyl/N-ethyl adjacent to an activating group) is 1. The molecule has 0 radical (unpaired) electrons. The van der Waals surface area contributed by atoms with E-state index < -0.39 is 19.0 Å². The second kappa shape index (κ2) is 7.83. The first kappa shape index (κ1) is 16.4. The van der Waals surface area contributed by atoms with Crippen molar-refractivity contribution in [3.8, 4) is 0 Å². The molecule has 108 valence electrons. The Morgan fingerprint density at radius 3 is 2.80 bits per heavy atom. The average molecular weight is 296 g/mol. The maximum Gasteiger partial charge on any atom is 0.475 e. The van der Waals surface area contributed by atoms with Crippen LogP contribution in [-0.2, 0) is 16.0 Å². The number of carbonyl (C=O) groups is 2. The fourth-order valence-corrected chi connectivity index (χ4v) is 2.28. The summed E-state index contributed by atoms with van der Waals surface area (Å²) in [6, 6.07) is 1.85. The fraction of sp³-hybridized carbons (Fsp3) is 0.333. The minimum absolute atomic E-state index is 0.169. The molecule has 6 nitrogen and oxygen atoms in total. The Labute approximate surface area is 121 Å². The third-order valence-corrected chi connectivity index (χ3v) is 3.41. The van der Waals surface area contributed by atoms with Crippen LogP contribution >= 0.6 is 11.3 Å². The van der Waals surface area contributed by atoms with E-state index in [1.807, 2.05) is 16.8 Å². The molecule has 8 heteroatoms. The summed E-state index contributed by atoms with van der Waals surface area (Å²) in [5, 5.41) is 24.8. The van der Waals surface area contributed by atoms with E-state index in [2.05, 4.69) is 11.9 Å². The molecule has 1 aromatic rings. The van der Waals surface area contributed by atoms with E-state index in [1.54, 1.807) is 0 Å². The largest absolute Gasteiger partial charge is 0.475 e. The van der Waals surface area contributed by atoms with Gasteiger partial charge in [-0.05, 0) is 34.9 Å². The standard InChI is InChI=1S/C12H17BN2O4S/c1-3-12(17)15(2)7-11(16)14-10(13(18)19)6-9-4-5-20-8-9/h3-5,8,10,18-19H,1,6-7H2,2H3,(H,14,16). The second-order valence-corrected chi connectivity index (χ2v) is 5.10. The minimum atomic E-state index is -1.67. The number of rotatable bonds is 7. The van der Waals surface area contributed by atoms with Crippen molar-refractivity contribution in [1.29, 1.82) is 0 Å². The van der Waals surface area contributed by atoms with Gasteiger partial charge in [0.15, 0.2) is 0 Å². The SMILES string of the molecule is C=CC(=O)N(C)CC(=O)NC(Cc1ccsc1)B(O)O. The van der Waals surface area contributed by atoms with E-state index in [0.29, 0.717) is 6.42 Å². The van der Waals surface area contributed by atoms with E-state index in [1.165, 1.54) is 23.3 Å². The first-order valence-corrected chi connectivity index (χ1v) is 6.92. The fourth-order valence-electron chi connectivity index (χ4n) is 1.60. The molecule has 20 heavy (non-hydrogen) atoms. The van der Waals surface area contributed by atoms with Crippen molar-refractivity contribution in [3.05, 3.63) is 35.0 Å². The molecule has 0 aliphatic heterocycles. The molecule has 3 N–H and O–H groups in total. The van der Waals surface area contributed by atoms with Gasteiger partial charge in [-0.2, -0.15) is 11.3 Å². The van der Waals surface area contributed by atoms with Crippen LogP contribution in [0.1, 0.15) is 5.56 Å². The minimum Gasteiger partial charge on any atom is -0.426 e. The van der Waals surface area contributed by atoms with Crippen molar-refractivity contribution >= 4 is 30.3 Å². The molecule has 0 bridgehead atoms. The first-order valence-electron chi connectivity index (χ1n) is 5.98. The summed E-state index contributed by atoms with van der Waals surface area (Å²) in [6.07, 6.45) is 1.42. The normalized spacial score (nSPS) is 11.6. The van der Waals surface area contributed by atoms with Crippen LogP contribution in [0.5, 0.6) is 0 Å². The lowest BCUT2D eigenvalue weighted by Crippen LogP contribution is -2.50. The van der Waals surface area contributed by atoms with Crippen LogP contribution in [0.15, 0.2) is 29.5 Å². The van der Waals surface area contributed by atoms with Gasteiger partial charge in [0.25, 0.3) is 0 Å². The molecule has 0 saturated carbocycles. The first-order chi connectivity index (χ1) is 9.43. The van der Waals surface area contributed by atoms with Gasteiger partial charge in [-0.3, -0.25) is 9.59 Å². The lowest BCUT2D eigenvalue weighted by atomic mass is 9.76. The molecule has 0 fully saturated rings. The van der Waals surface area contributed by atoms with E-state index in [9.17, 15) is 19.6 Å². The highest BCUT2D eigenvalue weighted by Crippen LogP contribution is 2.09. The number of carbonyl (C=O) groups excluding carboxylic acids is 2. The highest BCUT2D eigenvalue weighted by atomic mass is 32.1. The van der Waals surface area contributed by atoms with Gasteiger partial charge in [0, 0.05) is 7.05 Å². The molecular formula is C12H17BN2O4S. The molecule has 1 rings (SSSR count). The van der Waals surface area contributed by atoms with Gasteiger partial charge >= 0.3 is 7.12 Å². The predicted molar refractivity (Wildman–Crippen MR) is 78.0 cm³/mol. The highest BCUT2D eigenvalue weighted by molar-refractivity contribution is 7.07. The summed E-state index contributed by atoms with van der Waals surface area (Å²) in [6.45, 7) is 3.16. The lowest BCUT2D eigenvalue weighted by Gasteiger charge is -2.20. The predicted octanol–water partition coefficient (Wildman–Crippen LogP) is -0.568. The molecule has 0 aromatic carbocycles. The van der Waals surface area contributed by atoms with Gasteiger partial charge in [0.1, 0.15) is 0 Å². The molecule has 1 aromatic heterocycles. The molecule has 1 atom stereocenters. The van der Waals surface area contributed by atoms with Crippen molar-refractivity contribution in [2.24, 2.45) is 0 Å². The molecule has 2 amide bonds. The zero-order chi connectivity index (χ0) is 15.1. The number of hydrogen-bond donors (Lipinski definition) is 3. The molecule has 1 unspecified atom stereocenters. The maximum atomic E-state index is 11.8. The van der Waals surface area contributed by atoms with E-state index in [4.69, 9.17) is 0 Å². The third kappa shape index (κ3) is 5.16. The Bertz CT molecular complexity index is 464. The number of amides is 2. The smallest absolute Gasteiger partial charge is 0.426 e. The average Bonchev–Trinajstić information content (AvgIpc) is 2.89. The Kier molecular flexibility index (Phi) is 6.43. The van der Waals surface area contributed by atoms with Crippen LogP contribution in [0.25, 0.3) is 0 Å². The summed E-state index contributed by atoms with van der Waals surface area (Å²) >= 11 is 1.49. The van der Waals surface area contributed by atoms with Crippen molar-refractivity contribution in [3.63, 3.8) is 0 Å². The van der Waals surface area contributed by atoms with Gasteiger partial charge < -0.3 is 20.3 Å². The topological polar surface area (TPSA) is 89.9 Å². The van der Waals surface area contributed by atoms with Crippen LogP contribution in [0, 0.1) is 0 Å². The van der Waals surface area contributed by atoms with E-state index in [0.717, 1.165) is 11.6 Å². The van der Waals surface area contributed by atoms with Crippen molar-refractivity contribution in [2.45, 2.75) is 12.4 Å². The molecule has 0 saturated heterocycles. The monoisotopic (exact) mass is 296 g/mol. The zero-order valence-corrected chi connectivity index (χ0v) is 12.0. The second-order valence-electron chi connectivity index (χ2n) is 4.32. The van der Waals surface area contributed by atoms with Crippen LogP contribution in [-0.4, -0.2) is 53.4 Å². The summed E-state index contributed by atoms with van der Waals surface area (Å²) in [7, 11) is -0.202. The molecule has 1 heterocycles. The third-order valence-electron chi connectivity index (χ3n) is 2.67. The highest BCUT2D eigenvalue weighted by Gasteiger charge is 2.26. The van der Waals surface area contributed by atoms with Crippen LogP contribution < -0.4 is 5.32 Å². The quantitative estimate of drug-likeness (QED) is 0.464. The van der Waals surface area contributed by atoms with Gasteiger partial charge in [0.2, 0.25) is 11.8 Å². The van der Waals surface area contributed by atoms with Crippen LogP contribution in [0.3, 0.4) is 0 Å². The molecule has 0 spiro atoms. The van der Waals surface area contributed by atoms with E-state index >= 15 is 0 Å². The number of nitrogens with zero attached hydrogens (tertiary/aromatic N) is 1. The molecular weight excluding hydrogens is 279 g/mol. The molecule has 0 aliphatic rings. The van der Waals surface area contributed by atoms with Crippen molar-refractivity contribution < 1.29 is 19.6 Å². The molecule has 0 aliphatic carbocycles. The summed E-state index contributed by atoms with van der Waals surface area (Å²) in [4.78, 5) is 24.2. The summed E-state index contributed by atoms with van der Waals surface area (Å²) in [5.74, 6) is -1.65. The number of thiophene rings is 1. The van der Waals surface area contributed by atoms with Crippen molar-refractivity contribution in [1.82, 2.24) is 10.2 Å². The Morgan fingerprint density at radius 1 is 1.60 bits per heavy atom. The van der Waals surface area contributed by atoms with Gasteiger partial charge in [-0.15, -0.1) is 0 Å². The van der Waals surface area contributed by atoms with E-state index in [-0.39, 0.29) is 12.5 Å². The van der Waals surface area contributed by atoms with Crippen LogP contribution in [0.2, 0.25) is 0 Å². The lowest BCUT2D eigenvalue weighted by molar-refractivity contribution is -0.131. The van der Waals surface area contributed by atoms with Gasteiger partial charge in [-0.25, -0.2) is 0 Å². The van der Waals surface area contributed by atoms with Crippen molar-refractivity contribution in [2.75, 3.05) is 13.6 Å². The van der Waals surface area contributed by atoms with Gasteiger partial charge in [-0.1, -0.05) is 6.58 Å². The summed E-state index contributed by atoms with van der Waals surface area (Å²) in [5.41, 5.74) is 0.906. The number of hydrogen-bond acceptors (Lipinski definition) is 5. The van der Waals surface area contributed by atoms with Crippen LogP contribution in [0.4, 0.5) is 0 Å². The Balaban J connectivity index is 2.55. The number of nitrogens with one attached hydrogen (secondary N) is 1. The summed E-state index contributed by atoms with van der Waals surface area (Å²) < 4.78 is 0. The zero-order valence-electron chi connectivity index (χ0n) is 11.2. The Morgan fingerprint density at radius 2 is 2.30 bits per heavy atom. The van der Waals surface area contributed by atoms with Gasteiger partial charge in [0.05, 0.1) is 12.5 Å². The maximum absolute atomic E-state index is 11.8. The Hall–Kier alpha value is -1.64.